The summed E-state index contributed by atoms with van der Waals surface area (Å²) in [5.41, 5.74) is 8.48. The maximum absolute atomic E-state index is 4.50. The number of hydrogen-bond acceptors (Lipinski definition) is 2. The minimum absolute atomic E-state index is 1.14. The molecule has 5 aromatic carbocycles. The van der Waals surface area contributed by atoms with Crippen LogP contribution in [0.5, 0.6) is 0 Å². The molecule has 4 aromatic heterocycles. The fourth-order valence-electron chi connectivity index (χ4n) is 6.74. The summed E-state index contributed by atoms with van der Waals surface area (Å²) in [6, 6.07) is 37.3. The summed E-state index contributed by atoms with van der Waals surface area (Å²) in [6.45, 7) is 0. The minimum atomic E-state index is 1.14. The molecule has 4 heterocycles. The first-order chi connectivity index (χ1) is 19.4. The van der Waals surface area contributed by atoms with Crippen LogP contribution in [0.25, 0.3) is 81.9 Å². The van der Waals surface area contributed by atoms with Gasteiger partial charge in [0.25, 0.3) is 0 Å². The molecular formula is C36H21N3. The van der Waals surface area contributed by atoms with E-state index in [0.717, 1.165) is 11.1 Å². The van der Waals surface area contributed by atoms with Crippen LogP contribution in [0.4, 0.5) is 0 Å². The fraction of sp³-hybridized carbons (Fsp3) is 0. The van der Waals surface area contributed by atoms with E-state index in [0.29, 0.717) is 0 Å². The molecule has 0 saturated carbocycles. The highest BCUT2D eigenvalue weighted by Gasteiger charge is 2.24. The summed E-state index contributed by atoms with van der Waals surface area (Å²) >= 11 is 0. The maximum atomic E-state index is 4.50. The molecule has 180 valence electrons. The van der Waals surface area contributed by atoms with Gasteiger partial charge in [-0.3, -0.25) is 9.97 Å². The molecule has 0 aliphatic rings. The molecule has 9 rings (SSSR count). The van der Waals surface area contributed by atoms with Gasteiger partial charge in [0.15, 0.2) is 0 Å². The molecule has 0 radical (unpaired) electrons. The van der Waals surface area contributed by atoms with E-state index >= 15 is 0 Å². The summed E-state index contributed by atoms with van der Waals surface area (Å²) < 4.78 is 2.49. The zero-order valence-corrected chi connectivity index (χ0v) is 21.0. The van der Waals surface area contributed by atoms with Crippen LogP contribution in [0, 0.1) is 0 Å². The largest absolute Gasteiger partial charge is 0.308 e. The Balaban J connectivity index is 1.59. The molecule has 39 heavy (non-hydrogen) atoms. The fourth-order valence-corrected chi connectivity index (χ4v) is 6.74. The summed E-state index contributed by atoms with van der Waals surface area (Å²) in [5, 5.41) is 10.0. The SMILES string of the molecule is c1cncc(-c2c3ccccc3cc3c2c2cccc4c5c(-c6cccnc6)c6ccccc6cc5n3c24)c1. The van der Waals surface area contributed by atoms with Gasteiger partial charge in [-0.25, -0.2) is 0 Å². The molecule has 9 aromatic rings. The van der Waals surface area contributed by atoms with Gasteiger partial charge in [-0.05, 0) is 45.8 Å². The number of para-hydroxylation sites is 1. The van der Waals surface area contributed by atoms with Crippen LogP contribution in [-0.2, 0) is 0 Å². The van der Waals surface area contributed by atoms with Crippen molar-refractivity contribution in [2.75, 3.05) is 0 Å². The number of pyridine rings is 2. The first kappa shape index (κ1) is 20.7. The van der Waals surface area contributed by atoms with E-state index in [1.807, 2.05) is 36.9 Å². The van der Waals surface area contributed by atoms with Gasteiger partial charge in [-0.1, -0.05) is 78.9 Å². The van der Waals surface area contributed by atoms with Gasteiger partial charge >= 0.3 is 0 Å². The van der Waals surface area contributed by atoms with Crippen molar-refractivity contribution in [3.05, 3.63) is 128 Å². The van der Waals surface area contributed by atoms with Crippen LogP contribution in [0.15, 0.2) is 128 Å². The van der Waals surface area contributed by atoms with Gasteiger partial charge in [0.05, 0.1) is 16.6 Å². The van der Waals surface area contributed by atoms with Crippen molar-refractivity contribution in [3.63, 3.8) is 0 Å². The summed E-state index contributed by atoms with van der Waals surface area (Å²) in [7, 11) is 0. The van der Waals surface area contributed by atoms with E-state index in [1.54, 1.807) is 0 Å². The van der Waals surface area contributed by atoms with Gasteiger partial charge < -0.3 is 4.40 Å². The molecule has 0 spiro atoms. The first-order valence-corrected chi connectivity index (χ1v) is 13.2. The van der Waals surface area contributed by atoms with Gasteiger partial charge in [0.2, 0.25) is 0 Å². The normalized spacial score (nSPS) is 12.1. The van der Waals surface area contributed by atoms with Crippen molar-refractivity contribution in [2.45, 2.75) is 0 Å². The molecular weight excluding hydrogens is 474 g/mol. The van der Waals surface area contributed by atoms with E-state index in [-0.39, 0.29) is 0 Å². The average molecular weight is 496 g/mol. The topological polar surface area (TPSA) is 30.2 Å². The lowest BCUT2D eigenvalue weighted by atomic mass is 9.92. The Morgan fingerprint density at radius 2 is 0.949 bits per heavy atom. The molecule has 0 amide bonds. The number of fused-ring (bicyclic) bond motifs is 8. The van der Waals surface area contributed by atoms with Crippen molar-refractivity contribution in [1.82, 2.24) is 14.4 Å². The van der Waals surface area contributed by atoms with Crippen LogP contribution in [0.3, 0.4) is 0 Å². The second-order valence-electron chi connectivity index (χ2n) is 10.3. The Labute approximate surface area is 223 Å². The molecule has 0 bridgehead atoms. The van der Waals surface area contributed by atoms with Crippen molar-refractivity contribution in [1.29, 1.82) is 0 Å². The molecule has 0 saturated heterocycles. The quantitative estimate of drug-likeness (QED) is 0.239. The van der Waals surface area contributed by atoms with Gasteiger partial charge in [-0.15, -0.1) is 0 Å². The standard InChI is InChI=1S/C36H21N3/c1-3-12-26-22(8-1)18-30-34(32(26)24-10-6-16-37-20-24)28-14-5-15-29-35-31(39(30)36(28)29)19-23-9-2-4-13-27(23)33(35)25-11-7-17-38-21-25/h1-21H. The molecule has 0 aliphatic heterocycles. The van der Waals surface area contributed by atoms with Crippen LogP contribution < -0.4 is 0 Å². The van der Waals surface area contributed by atoms with Crippen molar-refractivity contribution < 1.29 is 0 Å². The Kier molecular flexibility index (Phi) is 4.05. The van der Waals surface area contributed by atoms with E-state index in [9.17, 15) is 0 Å². The van der Waals surface area contributed by atoms with Gasteiger partial charge in [0.1, 0.15) is 0 Å². The monoisotopic (exact) mass is 495 g/mol. The van der Waals surface area contributed by atoms with Gasteiger partial charge in [0, 0.05) is 68.6 Å². The Bertz CT molecular complexity index is 2200. The number of aromatic nitrogens is 3. The Morgan fingerprint density at radius 3 is 1.44 bits per heavy atom. The van der Waals surface area contributed by atoms with Crippen molar-refractivity contribution >= 4 is 59.6 Å². The lowest BCUT2D eigenvalue weighted by Gasteiger charge is -2.12. The van der Waals surface area contributed by atoms with E-state index in [4.69, 9.17) is 0 Å². The lowest BCUT2D eigenvalue weighted by Crippen LogP contribution is -1.89. The second kappa shape index (κ2) is 7.62. The highest BCUT2D eigenvalue weighted by atomic mass is 14.9. The molecule has 0 fully saturated rings. The third-order valence-electron chi connectivity index (χ3n) is 8.24. The number of hydrogen-bond donors (Lipinski definition) is 0. The van der Waals surface area contributed by atoms with Crippen LogP contribution >= 0.6 is 0 Å². The Hall–Kier alpha value is -5.28. The second-order valence-corrected chi connectivity index (χ2v) is 10.3. The highest BCUT2D eigenvalue weighted by molar-refractivity contribution is 6.32. The zero-order chi connectivity index (χ0) is 25.5. The maximum Gasteiger partial charge on any atom is 0.0620 e. The summed E-state index contributed by atoms with van der Waals surface area (Å²) in [5.74, 6) is 0. The van der Waals surface area contributed by atoms with Crippen LogP contribution in [-0.4, -0.2) is 14.4 Å². The molecule has 3 heteroatoms. The highest BCUT2D eigenvalue weighted by Crippen LogP contribution is 2.48. The minimum Gasteiger partial charge on any atom is -0.308 e. The molecule has 3 nitrogen and oxygen atoms in total. The van der Waals surface area contributed by atoms with Crippen molar-refractivity contribution in [2.24, 2.45) is 0 Å². The van der Waals surface area contributed by atoms with E-state index in [1.165, 1.54) is 70.8 Å². The predicted molar refractivity (Wildman–Crippen MR) is 163 cm³/mol. The number of benzene rings is 5. The third kappa shape index (κ3) is 2.71. The van der Waals surface area contributed by atoms with Gasteiger partial charge in [-0.2, -0.15) is 0 Å². The molecule has 0 N–H and O–H groups in total. The van der Waals surface area contributed by atoms with E-state index in [2.05, 4.69) is 105 Å². The predicted octanol–water partition coefficient (Wildman–Crippen LogP) is 9.27. The summed E-state index contributed by atoms with van der Waals surface area (Å²) in [4.78, 5) is 8.99. The van der Waals surface area contributed by atoms with Crippen molar-refractivity contribution in [3.8, 4) is 22.3 Å². The summed E-state index contributed by atoms with van der Waals surface area (Å²) in [6.07, 6.45) is 7.67. The number of nitrogens with zero attached hydrogens (tertiary/aromatic N) is 3. The third-order valence-corrected chi connectivity index (χ3v) is 8.24. The number of rotatable bonds is 2. The smallest absolute Gasteiger partial charge is 0.0620 e. The van der Waals surface area contributed by atoms with Crippen LogP contribution in [0.2, 0.25) is 0 Å². The lowest BCUT2D eigenvalue weighted by molar-refractivity contribution is 1.33. The first-order valence-electron chi connectivity index (χ1n) is 13.2. The van der Waals surface area contributed by atoms with E-state index < -0.39 is 0 Å². The zero-order valence-electron chi connectivity index (χ0n) is 21.0. The molecule has 0 aliphatic carbocycles. The Morgan fingerprint density at radius 1 is 0.462 bits per heavy atom. The van der Waals surface area contributed by atoms with Crippen LogP contribution in [0.1, 0.15) is 0 Å². The molecule has 0 atom stereocenters. The average Bonchev–Trinajstić information content (AvgIpc) is 3.51. The molecule has 0 unspecified atom stereocenters.